The van der Waals surface area contributed by atoms with Gasteiger partial charge in [-0.25, -0.2) is 0 Å². The van der Waals surface area contributed by atoms with Crippen LogP contribution in [0.25, 0.3) is 10.9 Å². The van der Waals surface area contributed by atoms with Crippen LogP contribution in [-0.2, 0) is 4.74 Å². The fourth-order valence-corrected chi connectivity index (χ4v) is 3.70. The molecule has 4 rings (SSSR count). The van der Waals surface area contributed by atoms with Crippen LogP contribution >= 0.6 is 11.6 Å². The van der Waals surface area contributed by atoms with E-state index in [9.17, 15) is 4.91 Å². The van der Waals surface area contributed by atoms with Crippen LogP contribution in [0, 0.1) is 4.91 Å². The zero-order valence-corrected chi connectivity index (χ0v) is 14.8. The Labute approximate surface area is 155 Å². The predicted octanol–water partition coefficient (Wildman–Crippen LogP) is 4.10. The molecule has 1 unspecified atom stereocenters. The van der Waals surface area contributed by atoms with Crippen LogP contribution in [0.5, 0.6) is 0 Å². The molecule has 6 nitrogen and oxygen atoms in total. The SMILES string of the molecule is O=Nc1c(C(c2ccccn2)N2CCOCC2)cc(Cl)c2cccnc12. The fourth-order valence-electron chi connectivity index (χ4n) is 3.43. The van der Waals surface area contributed by atoms with Gasteiger partial charge in [0.1, 0.15) is 11.2 Å². The molecule has 0 amide bonds. The largest absolute Gasteiger partial charge is 0.379 e. The molecule has 3 aromatic rings. The van der Waals surface area contributed by atoms with Crippen LogP contribution in [-0.4, -0.2) is 41.2 Å². The van der Waals surface area contributed by atoms with Crippen molar-refractivity contribution in [1.29, 1.82) is 0 Å². The summed E-state index contributed by atoms with van der Waals surface area (Å²) in [5, 5.41) is 4.59. The normalized spacial score (nSPS) is 16.5. The van der Waals surface area contributed by atoms with Gasteiger partial charge < -0.3 is 4.74 Å². The van der Waals surface area contributed by atoms with Crippen molar-refractivity contribution in [2.24, 2.45) is 5.18 Å². The number of benzene rings is 1. The molecule has 132 valence electrons. The Morgan fingerprint density at radius 2 is 1.92 bits per heavy atom. The first-order valence-corrected chi connectivity index (χ1v) is 8.80. The standard InChI is InChI=1S/C19H17ClN4O2/c20-15-12-14(18(23-25)17-13(15)4-3-7-22-17)19(16-5-1-2-6-21-16)24-8-10-26-11-9-24/h1-7,12,19H,8-11H2. The van der Waals surface area contributed by atoms with Crippen LogP contribution < -0.4 is 0 Å². The van der Waals surface area contributed by atoms with Crippen LogP contribution in [0.1, 0.15) is 17.3 Å². The van der Waals surface area contributed by atoms with E-state index in [0.717, 1.165) is 24.3 Å². The number of fused-ring (bicyclic) bond motifs is 1. The molecule has 0 radical (unpaired) electrons. The summed E-state index contributed by atoms with van der Waals surface area (Å²) in [4.78, 5) is 22.9. The molecular weight excluding hydrogens is 352 g/mol. The number of aromatic nitrogens is 2. The number of pyridine rings is 2. The third-order valence-electron chi connectivity index (χ3n) is 4.61. The molecule has 0 N–H and O–H groups in total. The van der Waals surface area contributed by atoms with E-state index in [0.29, 0.717) is 34.8 Å². The molecule has 1 saturated heterocycles. The summed E-state index contributed by atoms with van der Waals surface area (Å²) in [6.45, 7) is 2.73. The van der Waals surface area contributed by atoms with E-state index >= 15 is 0 Å². The van der Waals surface area contributed by atoms with Crippen LogP contribution in [0.2, 0.25) is 5.02 Å². The van der Waals surface area contributed by atoms with Gasteiger partial charge in [-0.05, 0) is 35.5 Å². The van der Waals surface area contributed by atoms with Crippen molar-refractivity contribution in [2.75, 3.05) is 26.3 Å². The maximum atomic E-state index is 11.8. The number of nitroso groups, excluding NO2 is 1. The average Bonchev–Trinajstić information content (AvgIpc) is 2.70. The maximum Gasteiger partial charge on any atom is 0.139 e. The van der Waals surface area contributed by atoms with Gasteiger partial charge in [0.15, 0.2) is 0 Å². The first-order chi connectivity index (χ1) is 12.8. The molecule has 2 aromatic heterocycles. The van der Waals surface area contributed by atoms with Crippen molar-refractivity contribution in [2.45, 2.75) is 6.04 Å². The van der Waals surface area contributed by atoms with E-state index in [1.807, 2.05) is 30.3 Å². The lowest BCUT2D eigenvalue weighted by Crippen LogP contribution is -2.39. The van der Waals surface area contributed by atoms with Gasteiger partial charge in [-0.3, -0.25) is 14.9 Å². The van der Waals surface area contributed by atoms with E-state index in [2.05, 4.69) is 20.0 Å². The van der Waals surface area contributed by atoms with E-state index in [1.165, 1.54) is 0 Å². The lowest BCUT2D eigenvalue weighted by atomic mass is 9.97. The second kappa shape index (κ2) is 7.45. The smallest absolute Gasteiger partial charge is 0.139 e. The Balaban J connectivity index is 1.94. The second-order valence-electron chi connectivity index (χ2n) is 6.09. The minimum Gasteiger partial charge on any atom is -0.379 e. The van der Waals surface area contributed by atoms with Crippen LogP contribution in [0.15, 0.2) is 54.0 Å². The number of morpholine rings is 1. The third-order valence-corrected chi connectivity index (χ3v) is 4.92. The minimum absolute atomic E-state index is 0.239. The number of ether oxygens (including phenoxy) is 1. The predicted molar refractivity (Wildman–Crippen MR) is 101 cm³/mol. The van der Waals surface area contributed by atoms with Crippen molar-refractivity contribution in [3.63, 3.8) is 0 Å². The zero-order chi connectivity index (χ0) is 17.9. The third kappa shape index (κ3) is 3.07. The molecule has 26 heavy (non-hydrogen) atoms. The molecule has 1 fully saturated rings. The van der Waals surface area contributed by atoms with Crippen molar-refractivity contribution >= 4 is 28.2 Å². The first-order valence-electron chi connectivity index (χ1n) is 8.43. The van der Waals surface area contributed by atoms with Gasteiger partial charge in [0.2, 0.25) is 0 Å². The molecule has 7 heteroatoms. The highest BCUT2D eigenvalue weighted by Crippen LogP contribution is 2.41. The highest BCUT2D eigenvalue weighted by molar-refractivity contribution is 6.36. The molecule has 1 aliphatic rings. The molecule has 0 saturated carbocycles. The number of nitrogens with zero attached hydrogens (tertiary/aromatic N) is 4. The topological polar surface area (TPSA) is 67.7 Å². The summed E-state index contributed by atoms with van der Waals surface area (Å²) in [6.07, 6.45) is 3.39. The Kier molecular flexibility index (Phi) is 4.88. The molecular formula is C19H17ClN4O2. The van der Waals surface area contributed by atoms with Gasteiger partial charge in [0.25, 0.3) is 0 Å². The fraction of sp³-hybridized carbons (Fsp3) is 0.263. The van der Waals surface area contributed by atoms with Gasteiger partial charge in [-0.15, -0.1) is 4.91 Å². The second-order valence-corrected chi connectivity index (χ2v) is 6.50. The Morgan fingerprint density at radius 3 is 2.65 bits per heavy atom. The molecule has 0 spiro atoms. The van der Waals surface area contributed by atoms with Crippen molar-refractivity contribution in [3.8, 4) is 0 Å². The Morgan fingerprint density at radius 1 is 1.12 bits per heavy atom. The molecule has 1 aliphatic heterocycles. The lowest BCUT2D eigenvalue weighted by Gasteiger charge is -2.34. The van der Waals surface area contributed by atoms with Crippen molar-refractivity contribution < 1.29 is 4.74 Å². The first kappa shape index (κ1) is 17.0. The average molecular weight is 369 g/mol. The lowest BCUT2D eigenvalue weighted by molar-refractivity contribution is 0.0233. The quantitative estimate of drug-likeness (QED) is 0.648. The Hall–Kier alpha value is -2.41. The van der Waals surface area contributed by atoms with Gasteiger partial charge in [-0.1, -0.05) is 17.7 Å². The number of halogens is 1. The molecule has 0 bridgehead atoms. The summed E-state index contributed by atoms with van der Waals surface area (Å²) in [6, 6.07) is 11.0. The number of hydrogen-bond acceptors (Lipinski definition) is 6. The highest BCUT2D eigenvalue weighted by atomic mass is 35.5. The van der Waals surface area contributed by atoms with E-state index in [1.54, 1.807) is 18.5 Å². The van der Waals surface area contributed by atoms with Crippen LogP contribution in [0.3, 0.4) is 0 Å². The van der Waals surface area contributed by atoms with Gasteiger partial charge in [0, 0.05) is 36.4 Å². The zero-order valence-electron chi connectivity index (χ0n) is 14.0. The van der Waals surface area contributed by atoms with Crippen LogP contribution in [0.4, 0.5) is 5.69 Å². The number of rotatable bonds is 4. The summed E-state index contributed by atoms with van der Waals surface area (Å²) in [7, 11) is 0. The molecule has 1 aromatic carbocycles. The van der Waals surface area contributed by atoms with E-state index in [-0.39, 0.29) is 6.04 Å². The summed E-state index contributed by atoms with van der Waals surface area (Å²) in [5.74, 6) is 0. The monoisotopic (exact) mass is 368 g/mol. The van der Waals surface area contributed by atoms with Crippen molar-refractivity contribution in [1.82, 2.24) is 14.9 Å². The van der Waals surface area contributed by atoms with Gasteiger partial charge >= 0.3 is 0 Å². The molecule has 3 heterocycles. The Bertz CT molecular complexity index is 929. The summed E-state index contributed by atoms with van der Waals surface area (Å²) < 4.78 is 5.49. The number of hydrogen-bond donors (Lipinski definition) is 0. The van der Waals surface area contributed by atoms with E-state index in [4.69, 9.17) is 16.3 Å². The molecule has 0 aliphatic carbocycles. The maximum absolute atomic E-state index is 11.8. The highest BCUT2D eigenvalue weighted by Gasteiger charge is 2.29. The summed E-state index contributed by atoms with van der Waals surface area (Å²) >= 11 is 6.51. The van der Waals surface area contributed by atoms with Crippen molar-refractivity contribution in [3.05, 3.63) is 70.0 Å². The van der Waals surface area contributed by atoms with Gasteiger partial charge in [-0.2, -0.15) is 0 Å². The summed E-state index contributed by atoms with van der Waals surface area (Å²) in [5.41, 5.74) is 2.38. The van der Waals surface area contributed by atoms with E-state index < -0.39 is 0 Å². The van der Waals surface area contributed by atoms with Gasteiger partial charge in [0.05, 0.1) is 30.0 Å². The minimum atomic E-state index is -0.239. The molecule has 1 atom stereocenters.